The lowest BCUT2D eigenvalue weighted by Crippen LogP contribution is -2.07. The Balaban J connectivity index is 1.94. The lowest BCUT2D eigenvalue weighted by Gasteiger charge is -2.16. The molecule has 3 rings (SSSR count). The molecule has 0 bridgehead atoms. The van der Waals surface area contributed by atoms with Crippen molar-refractivity contribution in [3.63, 3.8) is 0 Å². The SMILES string of the molecule is COc1ccc(C(Cc2nnn(C)n2)c2ccccc2)cc1. The van der Waals surface area contributed by atoms with Crippen molar-refractivity contribution < 1.29 is 4.74 Å². The molecule has 0 fully saturated rings. The number of hydrogen-bond donors (Lipinski definition) is 0. The van der Waals surface area contributed by atoms with Gasteiger partial charge in [0.1, 0.15) is 5.75 Å². The predicted molar refractivity (Wildman–Crippen MR) is 83.8 cm³/mol. The van der Waals surface area contributed by atoms with Gasteiger partial charge in [0.25, 0.3) is 0 Å². The third kappa shape index (κ3) is 3.14. The van der Waals surface area contributed by atoms with E-state index < -0.39 is 0 Å². The molecule has 1 heterocycles. The van der Waals surface area contributed by atoms with Crippen LogP contribution >= 0.6 is 0 Å². The van der Waals surface area contributed by atoms with E-state index in [9.17, 15) is 0 Å². The summed E-state index contributed by atoms with van der Waals surface area (Å²) in [5.74, 6) is 1.79. The molecule has 5 nitrogen and oxygen atoms in total. The second-order valence-electron chi connectivity index (χ2n) is 5.14. The van der Waals surface area contributed by atoms with E-state index in [4.69, 9.17) is 4.74 Å². The minimum atomic E-state index is 0.191. The fourth-order valence-corrected chi connectivity index (χ4v) is 2.54. The minimum Gasteiger partial charge on any atom is -0.497 e. The summed E-state index contributed by atoms with van der Waals surface area (Å²) < 4.78 is 5.24. The summed E-state index contributed by atoms with van der Waals surface area (Å²) >= 11 is 0. The molecule has 0 radical (unpaired) electrons. The molecule has 0 saturated heterocycles. The van der Waals surface area contributed by atoms with Crippen molar-refractivity contribution in [1.29, 1.82) is 0 Å². The summed E-state index contributed by atoms with van der Waals surface area (Å²) in [5.41, 5.74) is 2.44. The predicted octanol–water partition coefficient (Wildman–Crippen LogP) is 2.59. The maximum Gasteiger partial charge on any atom is 0.175 e. The molecule has 0 spiro atoms. The molecule has 22 heavy (non-hydrogen) atoms. The first-order valence-electron chi connectivity index (χ1n) is 7.18. The van der Waals surface area contributed by atoms with Crippen LogP contribution in [-0.2, 0) is 13.5 Å². The van der Waals surface area contributed by atoms with Crippen LogP contribution in [0.15, 0.2) is 54.6 Å². The molecule has 1 aromatic heterocycles. The van der Waals surface area contributed by atoms with Gasteiger partial charge in [-0.05, 0) is 28.5 Å². The number of rotatable bonds is 5. The molecule has 0 N–H and O–H groups in total. The highest BCUT2D eigenvalue weighted by Gasteiger charge is 2.17. The molecule has 112 valence electrons. The van der Waals surface area contributed by atoms with Gasteiger partial charge < -0.3 is 4.74 Å². The van der Waals surface area contributed by atoms with Gasteiger partial charge in [0, 0.05) is 12.3 Å². The van der Waals surface area contributed by atoms with Gasteiger partial charge >= 0.3 is 0 Å². The maximum absolute atomic E-state index is 5.24. The van der Waals surface area contributed by atoms with Crippen LogP contribution in [-0.4, -0.2) is 27.3 Å². The van der Waals surface area contributed by atoms with E-state index in [1.165, 1.54) is 15.9 Å². The van der Waals surface area contributed by atoms with Crippen molar-refractivity contribution in [2.45, 2.75) is 12.3 Å². The van der Waals surface area contributed by atoms with Crippen molar-refractivity contribution in [1.82, 2.24) is 20.2 Å². The molecule has 3 aromatic rings. The van der Waals surface area contributed by atoms with E-state index in [1.54, 1.807) is 14.2 Å². The van der Waals surface area contributed by atoms with Crippen molar-refractivity contribution in [2.24, 2.45) is 7.05 Å². The molecule has 0 aliphatic carbocycles. The van der Waals surface area contributed by atoms with Gasteiger partial charge in [-0.15, -0.1) is 10.2 Å². The standard InChI is InChI=1S/C17H18N4O/c1-21-19-17(18-20-21)12-16(13-6-4-3-5-7-13)14-8-10-15(22-2)11-9-14/h3-11,16H,12H2,1-2H3. The van der Waals surface area contributed by atoms with Crippen molar-refractivity contribution >= 4 is 0 Å². The van der Waals surface area contributed by atoms with Gasteiger partial charge in [-0.25, -0.2) is 0 Å². The monoisotopic (exact) mass is 294 g/mol. The zero-order valence-corrected chi connectivity index (χ0v) is 12.7. The largest absolute Gasteiger partial charge is 0.497 e. The minimum absolute atomic E-state index is 0.191. The number of aromatic nitrogens is 4. The normalized spacial score (nSPS) is 12.1. The van der Waals surface area contributed by atoms with Crippen molar-refractivity contribution in [3.8, 4) is 5.75 Å². The van der Waals surface area contributed by atoms with Crippen LogP contribution in [0.25, 0.3) is 0 Å². The zero-order chi connectivity index (χ0) is 15.4. The average Bonchev–Trinajstić information content (AvgIpc) is 2.99. The fourth-order valence-electron chi connectivity index (χ4n) is 2.54. The highest BCUT2D eigenvalue weighted by molar-refractivity contribution is 5.36. The molecule has 0 aliphatic rings. The Morgan fingerprint density at radius 1 is 1.00 bits per heavy atom. The Bertz CT molecular complexity index is 722. The highest BCUT2D eigenvalue weighted by Crippen LogP contribution is 2.28. The van der Waals surface area contributed by atoms with Gasteiger partial charge in [0.15, 0.2) is 5.82 Å². The Hall–Kier alpha value is -2.69. The lowest BCUT2D eigenvalue weighted by molar-refractivity contribution is 0.414. The quantitative estimate of drug-likeness (QED) is 0.726. The zero-order valence-electron chi connectivity index (χ0n) is 12.7. The molecule has 5 heteroatoms. The van der Waals surface area contributed by atoms with Crippen molar-refractivity contribution in [2.75, 3.05) is 7.11 Å². The van der Waals surface area contributed by atoms with Crippen molar-refractivity contribution in [3.05, 3.63) is 71.5 Å². The molecule has 2 aromatic carbocycles. The Kier molecular flexibility index (Phi) is 4.14. The van der Waals surface area contributed by atoms with Crippen LogP contribution in [0.2, 0.25) is 0 Å². The number of benzene rings is 2. The highest BCUT2D eigenvalue weighted by atomic mass is 16.5. The lowest BCUT2D eigenvalue weighted by atomic mass is 9.88. The number of aryl methyl sites for hydroxylation is 1. The summed E-state index contributed by atoms with van der Waals surface area (Å²) in [6, 6.07) is 18.5. The molecule has 0 aliphatic heterocycles. The number of methoxy groups -OCH3 is 1. The first-order valence-corrected chi connectivity index (χ1v) is 7.18. The first-order chi connectivity index (χ1) is 10.8. The van der Waals surface area contributed by atoms with Gasteiger partial charge in [-0.1, -0.05) is 42.5 Å². The van der Waals surface area contributed by atoms with Gasteiger partial charge in [0.05, 0.1) is 14.2 Å². The van der Waals surface area contributed by atoms with E-state index in [-0.39, 0.29) is 5.92 Å². The third-order valence-corrected chi connectivity index (χ3v) is 3.66. The van der Waals surface area contributed by atoms with Crippen LogP contribution in [0.5, 0.6) is 5.75 Å². The van der Waals surface area contributed by atoms with Gasteiger partial charge in [-0.2, -0.15) is 4.80 Å². The second-order valence-corrected chi connectivity index (χ2v) is 5.14. The van der Waals surface area contributed by atoms with E-state index in [0.29, 0.717) is 6.42 Å². The summed E-state index contributed by atoms with van der Waals surface area (Å²) in [5, 5.41) is 12.3. The maximum atomic E-state index is 5.24. The van der Waals surface area contributed by atoms with E-state index in [1.807, 2.05) is 18.2 Å². The summed E-state index contributed by atoms with van der Waals surface area (Å²) in [7, 11) is 3.45. The smallest absolute Gasteiger partial charge is 0.175 e. The average molecular weight is 294 g/mol. The van der Waals surface area contributed by atoms with Crippen LogP contribution in [0.1, 0.15) is 22.9 Å². The molecular formula is C17H18N4O. The summed E-state index contributed by atoms with van der Waals surface area (Å²) in [6.07, 6.45) is 0.712. The number of nitrogens with zero attached hydrogens (tertiary/aromatic N) is 4. The number of ether oxygens (including phenoxy) is 1. The number of hydrogen-bond acceptors (Lipinski definition) is 4. The third-order valence-electron chi connectivity index (χ3n) is 3.66. The second kappa shape index (κ2) is 6.39. The molecule has 1 atom stereocenters. The summed E-state index contributed by atoms with van der Waals surface area (Å²) in [6.45, 7) is 0. The first kappa shape index (κ1) is 14.3. The molecule has 1 unspecified atom stereocenters. The number of tetrazole rings is 1. The van der Waals surface area contributed by atoms with Gasteiger partial charge in [0.2, 0.25) is 0 Å². The van der Waals surface area contributed by atoms with Crippen LogP contribution in [0, 0.1) is 0 Å². The van der Waals surface area contributed by atoms with Gasteiger partial charge in [-0.3, -0.25) is 0 Å². The molecule has 0 amide bonds. The molecule has 0 saturated carbocycles. The Labute approximate surface area is 129 Å². The Morgan fingerprint density at radius 3 is 2.27 bits per heavy atom. The van der Waals surface area contributed by atoms with E-state index >= 15 is 0 Å². The Morgan fingerprint density at radius 2 is 1.68 bits per heavy atom. The van der Waals surface area contributed by atoms with Crippen LogP contribution in [0.3, 0.4) is 0 Å². The summed E-state index contributed by atoms with van der Waals surface area (Å²) in [4.78, 5) is 1.49. The van der Waals surface area contributed by atoms with E-state index in [2.05, 4.69) is 51.8 Å². The topological polar surface area (TPSA) is 52.8 Å². The molecular weight excluding hydrogens is 276 g/mol. The van der Waals surface area contributed by atoms with Crippen LogP contribution in [0.4, 0.5) is 0 Å². The van der Waals surface area contributed by atoms with Crippen LogP contribution < -0.4 is 4.74 Å². The fraction of sp³-hybridized carbons (Fsp3) is 0.235. The van der Waals surface area contributed by atoms with E-state index in [0.717, 1.165) is 11.6 Å².